The van der Waals surface area contributed by atoms with Crippen LogP contribution in [0.5, 0.6) is 5.75 Å². The van der Waals surface area contributed by atoms with Gasteiger partial charge >= 0.3 is 0 Å². The largest absolute Gasteiger partial charge is 0.484 e. The number of aliphatic hydroxyl groups excluding tert-OH is 1. The van der Waals surface area contributed by atoms with Crippen LogP contribution in [-0.2, 0) is 19.2 Å². The van der Waals surface area contributed by atoms with Gasteiger partial charge in [0.15, 0.2) is 12.4 Å². The minimum Gasteiger partial charge on any atom is -0.484 e. The van der Waals surface area contributed by atoms with E-state index in [0.29, 0.717) is 12.2 Å². The summed E-state index contributed by atoms with van der Waals surface area (Å²) < 4.78 is 5.47. The normalized spacial score (nSPS) is 23.8. The highest BCUT2D eigenvalue weighted by Gasteiger charge is 2.64. The summed E-state index contributed by atoms with van der Waals surface area (Å²) in [6, 6.07) is 6.69. The topological polar surface area (TPSA) is 148 Å². The standard InChI is InChI=1S/C28H43N3O6/c1-16(2)12-20(29)25(34)24-22(32)13-21(31-23(33)15-37-19-10-8-7-9-11-19)26(35)28(24,18(5)6)27(36)30-14-17(3)4/h7-11,16-18,20-21,24-25,34H,12-15,29H2,1-6H3,(H,30,36)(H,31,33)/t20-,21-,24?,25+,28-/m0/s1. The van der Waals surface area contributed by atoms with Gasteiger partial charge < -0.3 is 26.2 Å². The first-order valence-electron chi connectivity index (χ1n) is 13.1. The monoisotopic (exact) mass is 517 g/mol. The Morgan fingerprint density at radius 3 is 2.24 bits per heavy atom. The molecule has 5 N–H and O–H groups in total. The Morgan fingerprint density at radius 1 is 1.08 bits per heavy atom. The van der Waals surface area contributed by atoms with Crippen molar-refractivity contribution in [2.75, 3.05) is 13.2 Å². The van der Waals surface area contributed by atoms with Gasteiger partial charge in [0.2, 0.25) is 5.91 Å². The quantitative estimate of drug-likeness (QED) is 0.309. The van der Waals surface area contributed by atoms with Crippen LogP contribution in [0.4, 0.5) is 0 Å². The van der Waals surface area contributed by atoms with Crippen molar-refractivity contribution in [3.8, 4) is 5.75 Å². The van der Waals surface area contributed by atoms with E-state index in [4.69, 9.17) is 10.5 Å². The van der Waals surface area contributed by atoms with Crippen LogP contribution < -0.4 is 21.1 Å². The molecule has 0 spiro atoms. The third-order valence-electron chi connectivity index (χ3n) is 6.90. The molecule has 0 radical (unpaired) electrons. The van der Waals surface area contributed by atoms with Crippen molar-refractivity contribution in [1.82, 2.24) is 10.6 Å². The highest BCUT2D eigenvalue weighted by molar-refractivity contribution is 6.16. The number of Topliss-reactive ketones (excluding diaryl/α,β-unsaturated/α-hetero) is 2. The van der Waals surface area contributed by atoms with Gasteiger partial charge in [0, 0.05) is 19.0 Å². The smallest absolute Gasteiger partial charge is 0.258 e. The second-order valence-corrected chi connectivity index (χ2v) is 11.1. The van der Waals surface area contributed by atoms with Gasteiger partial charge in [-0.1, -0.05) is 59.7 Å². The lowest BCUT2D eigenvalue weighted by Crippen LogP contribution is -2.69. The Kier molecular flexibility index (Phi) is 10.8. The van der Waals surface area contributed by atoms with Crippen molar-refractivity contribution < 1.29 is 29.0 Å². The maximum atomic E-state index is 14.1. The molecule has 2 rings (SSSR count). The van der Waals surface area contributed by atoms with E-state index in [1.54, 1.807) is 38.1 Å². The number of benzene rings is 1. The van der Waals surface area contributed by atoms with E-state index in [1.807, 2.05) is 33.8 Å². The molecule has 1 unspecified atom stereocenters. The van der Waals surface area contributed by atoms with Gasteiger partial charge in [-0.2, -0.15) is 0 Å². The van der Waals surface area contributed by atoms with Gasteiger partial charge in [0.05, 0.1) is 18.1 Å². The molecule has 1 saturated carbocycles. The van der Waals surface area contributed by atoms with Crippen LogP contribution in [0.25, 0.3) is 0 Å². The number of nitrogens with one attached hydrogen (secondary N) is 2. The number of hydrogen-bond donors (Lipinski definition) is 4. The third-order valence-corrected chi connectivity index (χ3v) is 6.90. The number of ketones is 2. The summed E-state index contributed by atoms with van der Waals surface area (Å²) in [5.41, 5.74) is 4.39. The SMILES string of the molecule is CC(C)CNC(=O)[C@]1(C(C)C)C(=O)[C@@H](NC(=O)COc2ccccc2)CC(=O)C1[C@H](O)[C@@H](N)CC(C)C. The molecule has 0 heterocycles. The van der Waals surface area contributed by atoms with Crippen LogP contribution in [0.3, 0.4) is 0 Å². The van der Waals surface area contributed by atoms with E-state index in [0.717, 1.165) is 0 Å². The predicted octanol–water partition coefficient (Wildman–Crippen LogP) is 1.86. The van der Waals surface area contributed by atoms with Gasteiger partial charge in [0.1, 0.15) is 16.9 Å². The first kappa shape index (κ1) is 30.4. The number of ether oxygens (including phenoxy) is 1. The van der Waals surface area contributed by atoms with Gasteiger partial charge in [0.25, 0.3) is 5.91 Å². The molecule has 1 aromatic rings. The summed E-state index contributed by atoms with van der Waals surface area (Å²) in [5, 5.41) is 16.7. The van der Waals surface area contributed by atoms with Crippen molar-refractivity contribution in [3.63, 3.8) is 0 Å². The molecule has 0 aliphatic heterocycles. The molecule has 0 bridgehead atoms. The van der Waals surface area contributed by atoms with Crippen LogP contribution >= 0.6 is 0 Å². The first-order chi connectivity index (χ1) is 17.3. The van der Waals surface area contributed by atoms with E-state index < -0.39 is 58.8 Å². The molecule has 1 aliphatic carbocycles. The molecule has 2 amide bonds. The maximum absolute atomic E-state index is 14.1. The first-order valence-corrected chi connectivity index (χ1v) is 13.1. The van der Waals surface area contributed by atoms with Crippen LogP contribution in [-0.4, -0.2) is 59.8 Å². The zero-order valence-corrected chi connectivity index (χ0v) is 22.8. The number of rotatable bonds is 12. The van der Waals surface area contributed by atoms with Gasteiger partial charge in [-0.15, -0.1) is 0 Å². The highest BCUT2D eigenvalue weighted by atomic mass is 16.5. The lowest BCUT2D eigenvalue weighted by atomic mass is 9.55. The molecular formula is C28H43N3O6. The number of para-hydroxylation sites is 1. The maximum Gasteiger partial charge on any atom is 0.258 e. The molecule has 0 saturated heterocycles. The lowest BCUT2D eigenvalue weighted by Gasteiger charge is -2.48. The molecule has 1 fully saturated rings. The van der Waals surface area contributed by atoms with Crippen molar-refractivity contribution in [3.05, 3.63) is 30.3 Å². The van der Waals surface area contributed by atoms with E-state index >= 15 is 0 Å². The van der Waals surface area contributed by atoms with Crippen molar-refractivity contribution in [2.24, 2.45) is 34.8 Å². The molecule has 1 aromatic carbocycles. The molecule has 37 heavy (non-hydrogen) atoms. The number of carbonyl (C=O) groups excluding carboxylic acids is 4. The molecular weight excluding hydrogens is 474 g/mol. The van der Waals surface area contributed by atoms with Crippen LogP contribution in [0, 0.1) is 29.1 Å². The number of hydrogen-bond acceptors (Lipinski definition) is 7. The molecule has 1 aliphatic rings. The fraction of sp³-hybridized carbons (Fsp3) is 0.643. The molecule has 9 nitrogen and oxygen atoms in total. The Bertz CT molecular complexity index is 948. The van der Waals surface area contributed by atoms with Crippen molar-refractivity contribution >= 4 is 23.4 Å². The van der Waals surface area contributed by atoms with Crippen molar-refractivity contribution in [1.29, 1.82) is 0 Å². The van der Waals surface area contributed by atoms with E-state index in [1.165, 1.54) is 0 Å². The number of nitrogens with two attached hydrogens (primary N) is 1. The second-order valence-electron chi connectivity index (χ2n) is 11.1. The summed E-state index contributed by atoms with van der Waals surface area (Å²) >= 11 is 0. The highest BCUT2D eigenvalue weighted by Crippen LogP contribution is 2.46. The summed E-state index contributed by atoms with van der Waals surface area (Å²) in [4.78, 5) is 54.1. The van der Waals surface area contributed by atoms with Crippen LogP contribution in [0.1, 0.15) is 54.4 Å². The van der Waals surface area contributed by atoms with Gasteiger partial charge in [-0.3, -0.25) is 19.2 Å². The molecule has 5 atom stereocenters. The molecule has 206 valence electrons. The fourth-order valence-electron chi connectivity index (χ4n) is 5.13. The minimum atomic E-state index is -1.89. The van der Waals surface area contributed by atoms with Crippen LogP contribution in [0.15, 0.2) is 30.3 Å². The van der Waals surface area contributed by atoms with Crippen LogP contribution in [0.2, 0.25) is 0 Å². The summed E-state index contributed by atoms with van der Waals surface area (Å²) in [7, 11) is 0. The zero-order chi connectivity index (χ0) is 27.9. The Hall–Kier alpha value is -2.78. The lowest BCUT2D eigenvalue weighted by molar-refractivity contribution is -0.168. The summed E-state index contributed by atoms with van der Waals surface area (Å²) in [6.07, 6.45) is -1.32. The van der Waals surface area contributed by atoms with E-state index in [-0.39, 0.29) is 31.4 Å². The number of carbonyl (C=O) groups is 4. The van der Waals surface area contributed by atoms with Gasteiger partial charge in [-0.25, -0.2) is 0 Å². The zero-order valence-electron chi connectivity index (χ0n) is 22.8. The summed E-state index contributed by atoms with van der Waals surface area (Å²) in [6.45, 7) is 11.0. The van der Waals surface area contributed by atoms with E-state index in [2.05, 4.69) is 10.6 Å². The minimum absolute atomic E-state index is 0.0970. The molecule has 9 heteroatoms. The average Bonchev–Trinajstić information content (AvgIpc) is 2.82. The molecule has 0 aromatic heterocycles. The number of amides is 2. The third kappa shape index (κ3) is 7.17. The van der Waals surface area contributed by atoms with Gasteiger partial charge in [-0.05, 0) is 36.3 Å². The Morgan fingerprint density at radius 2 is 1.70 bits per heavy atom. The van der Waals surface area contributed by atoms with Crippen molar-refractivity contribution in [2.45, 2.75) is 72.6 Å². The summed E-state index contributed by atoms with van der Waals surface area (Å²) in [5.74, 6) is -3.56. The predicted molar refractivity (Wildman–Crippen MR) is 141 cm³/mol. The Labute approximate surface area is 219 Å². The second kappa shape index (κ2) is 13.1. The van der Waals surface area contributed by atoms with E-state index in [9.17, 15) is 24.3 Å². The fourth-order valence-corrected chi connectivity index (χ4v) is 5.13. The number of aliphatic hydroxyl groups is 1. The Balaban J connectivity index is 2.40. The average molecular weight is 518 g/mol.